The summed E-state index contributed by atoms with van der Waals surface area (Å²) in [7, 11) is 0. The summed E-state index contributed by atoms with van der Waals surface area (Å²) in [5.74, 6) is -2.63. The first-order valence-corrected chi connectivity index (χ1v) is 13.6. The lowest BCUT2D eigenvalue weighted by molar-refractivity contribution is -0.146. The lowest BCUT2D eigenvalue weighted by Gasteiger charge is -2.37. The number of aliphatic hydroxyl groups is 1. The highest BCUT2D eigenvalue weighted by atomic mass is 35.5. The number of para-hydroxylation sites is 1. The molecule has 2 aromatic rings. The fourth-order valence-corrected chi connectivity index (χ4v) is 6.76. The van der Waals surface area contributed by atoms with Gasteiger partial charge in [0.05, 0.1) is 41.3 Å². The second kappa shape index (κ2) is 9.93. The number of likely N-dealkylation sites (tertiary alicyclic amines) is 1. The maximum Gasteiger partial charge on any atom is 0.253 e. The zero-order valence-corrected chi connectivity index (χ0v) is 22.3. The van der Waals surface area contributed by atoms with Crippen LogP contribution < -0.4 is 4.90 Å². The van der Waals surface area contributed by atoms with E-state index < -0.39 is 35.6 Å². The Bertz CT molecular complexity index is 1360. The molecule has 3 amide bonds. The summed E-state index contributed by atoms with van der Waals surface area (Å²) >= 11 is 6.47. The van der Waals surface area contributed by atoms with Crippen LogP contribution in [0.3, 0.4) is 0 Å². The minimum Gasteiger partial charge on any atom is -0.394 e. The Balaban J connectivity index is 1.42. The van der Waals surface area contributed by atoms with Crippen molar-refractivity contribution in [1.29, 1.82) is 0 Å². The molecular formula is C30H30ClN3O5. The van der Waals surface area contributed by atoms with Crippen LogP contribution in [0, 0.1) is 11.8 Å². The number of carbonyl (C=O) groups excluding carboxylic acids is 3. The fraction of sp³-hybridized carbons (Fsp3) is 0.367. The molecule has 4 aliphatic heterocycles. The molecule has 0 aliphatic carbocycles. The molecule has 9 heteroatoms. The number of anilines is 1. The third kappa shape index (κ3) is 4.01. The van der Waals surface area contributed by atoms with E-state index in [1.54, 1.807) is 47.1 Å². The van der Waals surface area contributed by atoms with Crippen LogP contribution in [0.15, 0.2) is 78.9 Å². The molecule has 1 unspecified atom stereocenters. The number of ether oxygens (including phenoxy) is 1. The normalized spacial score (nSPS) is 30.6. The Kier molecular flexibility index (Phi) is 6.57. The standard InChI is InChI=1S/C30H30ClN3O5/c1-19(18-35)34-26-29(38)33(22-12-6-5-11-21(22)31)16-8-14-30(26)25(28(34)37)24-23(39-30)13-7-15-32(27(24)36)17-20-9-3-2-4-10-20/h2-14,19,23-26,35H,15-18H2,1H3/t19-,23+,24-,25+,26?,30+/m1/s1. The van der Waals surface area contributed by atoms with E-state index in [9.17, 15) is 19.5 Å². The summed E-state index contributed by atoms with van der Waals surface area (Å²) < 4.78 is 6.64. The summed E-state index contributed by atoms with van der Waals surface area (Å²) in [5.41, 5.74) is 0.145. The van der Waals surface area contributed by atoms with Crippen LogP contribution in [-0.2, 0) is 25.7 Å². The van der Waals surface area contributed by atoms with Crippen molar-refractivity contribution in [2.45, 2.75) is 37.3 Å². The SMILES string of the molecule is C[C@H](CO)N1C(=O)[C@@H]2[C@@H]3C(=O)N(Cc4ccccc4)CC=C[C@@H]3O[C@@]23C=CCN(c2ccccc2Cl)C(=O)C13. The van der Waals surface area contributed by atoms with Crippen molar-refractivity contribution >= 4 is 35.0 Å². The fourth-order valence-electron chi connectivity index (χ4n) is 6.52. The number of aliphatic hydroxyl groups excluding tert-OH is 1. The number of hydrogen-bond donors (Lipinski definition) is 1. The van der Waals surface area contributed by atoms with Gasteiger partial charge in [0.1, 0.15) is 11.6 Å². The van der Waals surface area contributed by atoms with Crippen LogP contribution in [0.2, 0.25) is 5.02 Å². The van der Waals surface area contributed by atoms with Crippen LogP contribution in [0.5, 0.6) is 0 Å². The molecule has 0 radical (unpaired) electrons. The number of hydrogen-bond acceptors (Lipinski definition) is 5. The van der Waals surface area contributed by atoms with Gasteiger partial charge in [0, 0.05) is 19.6 Å². The molecule has 0 bridgehead atoms. The number of halogens is 1. The van der Waals surface area contributed by atoms with Gasteiger partial charge >= 0.3 is 0 Å². The Morgan fingerprint density at radius 3 is 2.49 bits per heavy atom. The van der Waals surface area contributed by atoms with E-state index in [4.69, 9.17) is 16.3 Å². The Morgan fingerprint density at radius 1 is 1.00 bits per heavy atom. The van der Waals surface area contributed by atoms with Gasteiger partial charge in [0.15, 0.2) is 0 Å². The van der Waals surface area contributed by atoms with Crippen molar-refractivity contribution in [3.8, 4) is 0 Å². The molecule has 0 saturated carbocycles. The number of carbonyl (C=O) groups is 3. The van der Waals surface area contributed by atoms with Crippen molar-refractivity contribution in [1.82, 2.24) is 9.80 Å². The third-order valence-electron chi connectivity index (χ3n) is 8.28. The highest BCUT2D eigenvalue weighted by molar-refractivity contribution is 6.34. The smallest absolute Gasteiger partial charge is 0.253 e. The van der Waals surface area contributed by atoms with Gasteiger partial charge in [-0.25, -0.2) is 0 Å². The molecule has 1 spiro atoms. The van der Waals surface area contributed by atoms with Crippen LogP contribution in [-0.4, -0.2) is 76.1 Å². The molecule has 0 aromatic heterocycles. The largest absolute Gasteiger partial charge is 0.394 e. The van der Waals surface area contributed by atoms with Crippen molar-refractivity contribution in [3.05, 3.63) is 89.5 Å². The molecule has 6 atom stereocenters. The molecule has 6 rings (SSSR count). The Labute approximate surface area is 232 Å². The van der Waals surface area contributed by atoms with Crippen LogP contribution in [0.25, 0.3) is 0 Å². The third-order valence-corrected chi connectivity index (χ3v) is 8.60. The average molecular weight is 548 g/mol. The zero-order valence-electron chi connectivity index (χ0n) is 21.5. The van der Waals surface area contributed by atoms with Crippen molar-refractivity contribution in [3.63, 3.8) is 0 Å². The molecule has 4 heterocycles. The van der Waals surface area contributed by atoms with E-state index in [0.29, 0.717) is 23.8 Å². The van der Waals surface area contributed by atoms with Crippen LogP contribution >= 0.6 is 11.6 Å². The number of nitrogens with zero attached hydrogens (tertiary/aromatic N) is 3. The predicted octanol–water partition coefficient (Wildman–Crippen LogP) is 2.80. The number of benzene rings is 2. The molecule has 1 N–H and O–H groups in total. The summed E-state index contributed by atoms with van der Waals surface area (Å²) in [6.07, 6.45) is 6.69. The van der Waals surface area contributed by atoms with Gasteiger partial charge in [0.25, 0.3) is 5.91 Å². The first-order chi connectivity index (χ1) is 18.9. The molecular weight excluding hydrogens is 518 g/mol. The van der Waals surface area contributed by atoms with E-state index in [-0.39, 0.29) is 30.9 Å². The van der Waals surface area contributed by atoms with E-state index in [1.807, 2.05) is 48.6 Å². The van der Waals surface area contributed by atoms with Gasteiger partial charge in [-0.15, -0.1) is 0 Å². The highest BCUT2D eigenvalue weighted by Gasteiger charge is 2.72. The first-order valence-electron chi connectivity index (χ1n) is 13.2. The second-order valence-corrected chi connectivity index (χ2v) is 11.0. The molecule has 202 valence electrons. The van der Waals surface area contributed by atoms with Crippen LogP contribution in [0.1, 0.15) is 12.5 Å². The highest BCUT2D eigenvalue weighted by Crippen LogP contribution is 2.54. The van der Waals surface area contributed by atoms with E-state index >= 15 is 0 Å². The van der Waals surface area contributed by atoms with Crippen molar-refractivity contribution < 1.29 is 24.2 Å². The first kappa shape index (κ1) is 25.8. The lowest BCUT2D eigenvalue weighted by atomic mass is 9.77. The summed E-state index contributed by atoms with van der Waals surface area (Å²) in [5, 5.41) is 10.5. The summed E-state index contributed by atoms with van der Waals surface area (Å²) in [4.78, 5) is 47.3. The van der Waals surface area contributed by atoms with Crippen molar-refractivity contribution in [2.24, 2.45) is 11.8 Å². The Hall–Kier alpha value is -3.46. The summed E-state index contributed by atoms with van der Waals surface area (Å²) in [6.45, 7) is 2.38. The minimum atomic E-state index is -1.36. The maximum atomic E-state index is 14.3. The quantitative estimate of drug-likeness (QED) is 0.581. The monoisotopic (exact) mass is 547 g/mol. The molecule has 2 saturated heterocycles. The second-order valence-electron chi connectivity index (χ2n) is 10.6. The molecule has 8 nitrogen and oxygen atoms in total. The number of amides is 3. The van der Waals surface area contributed by atoms with E-state index in [0.717, 1.165) is 5.56 Å². The van der Waals surface area contributed by atoms with Crippen LogP contribution in [0.4, 0.5) is 5.69 Å². The number of rotatable bonds is 5. The van der Waals surface area contributed by atoms with Gasteiger partial charge in [-0.3, -0.25) is 14.4 Å². The number of fused-ring (bicyclic) bond motifs is 2. The minimum absolute atomic E-state index is 0.186. The molecule has 39 heavy (non-hydrogen) atoms. The van der Waals surface area contributed by atoms with Gasteiger partial charge < -0.3 is 24.5 Å². The molecule has 2 fully saturated rings. The van der Waals surface area contributed by atoms with Gasteiger partial charge in [-0.2, -0.15) is 0 Å². The molecule has 2 aromatic carbocycles. The van der Waals surface area contributed by atoms with E-state index in [1.165, 1.54) is 4.90 Å². The van der Waals surface area contributed by atoms with Gasteiger partial charge in [0.2, 0.25) is 11.8 Å². The zero-order chi connectivity index (χ0) is 27.3. The lowest BCUT2D eigenvalue weighted by Crippen LogP contribution is -2.57. The topological polar surface area (TPSA) is 90.4 Å². The maximum absolute atomic E-state index is 14.3. The van der Waals surface area contributed by atoms with Crippen molar-refractivity contribution in [2.75, 3.05) is 24.6 Å². The predicted molar refractivity (Wildman–Crippen MR) is 146 cm³/mol. The Morgan fingerprint density at radius 2 is 1.74 bits per heavy atom. The molecule has 4 aliphatic rings. The van der Waals surface area contributed by atoms with Gasteiger partial charge in [-0.05, 0) is 24.6 Å². The van der Waals surface area contributed by atoms with E-state index in [2.05, 4.69) is 0 Å². The summed E-state index contributed by atoms with van der Waals surface area (Å²) in [6, 6.07) is 15.0. The average Bonchev–Trinajstić information content (AvgIpc) is 3.27. The van der Waals surface area contributed by atoms with Gasteiger partial charge in [-0.1, -0.05) is 78.4 Å².